The van der Waals surface area contributed by atoms with Gasteiger partial charge in [0.2, 0.25) is 5.91 Å². The molecule has 1 aromatic carbocycles. The van der Waals surface area contributed by atoms with Gasteiger partial charge in [0.15, 0.2) is 0 Å². The molecule has 0 bridgehead atoms. The minimum absolute atomic E-state index is 0.0417. The highest BCUT2D eigenvalue weighted by molar-refractivity contribution is 7.99. The zero-order chi connectivity index (χ0) is 13.3. The zero-order valence-electron chi connectivity index (χ0n) is 11.2. The van der Waals surface area contributed by atoms with E-state index < -0.39 is 0 Å². The number of carbonyl (C=O) groups excluding carboxylic acids is 1. The fourth-order valence-corrected chi connectivity index (χ4v) is 3.04. The van der Waals surface area contributed by atoms with Crippen molar-refractivity contribution >= 4 is 29.8 Å². The molecule has 96 valence electrons. The number of aryl methyl sites for hydroxylation is 3. The molecule has 0 fully saturated rings. The Hall–Kier alpha value is -1.29. The largest absolute Gasteiger partial charge is 0.325 e. The van der Waals surface area contributed by atoms with Crippen LogP contribution < -0.4 is 5.32 Å². The topological polar surface area (TPSA) is 41.5 Å². The van der Waals surface area contributed by atoms with Crippen molar-refractivity contribution in [3.8, 4) is 0 Å². The lowest BCUT2D eigenvalue weighted by molar-refractivity contribution is -0.116. The Morgan fingerprint density at radius 3 is 2.39 bits per heavy atom. The van der Waals surface area contributed by atoms with Gasteiger partial charge in [-0.15, -0.1) is 0 Å². The van der Waals surface area contributed by atoms with E-state index in [9.17, 15) is 4.79 Å². The summed E-state index contributed by atoms with van der Waals surface area (Å²) in [5, 5.41) is 2.93. The molecule has 4 heteroatoms. The number of anilines is 1. The lowest BCUT2D eigenvalue weighted by atomic mass is 10.0. The number of carbonyl (C=O) groups is 1. The molecule has 0 aliphatic carbocycles. The molecule has 18 heavy (non-hydrogen) atoms. The number of hydrogen-bond donors (Lipinski definition) is 1. The standard InChI is InChI=1S/C14H18N2OS/c1-8-5-9(2)12(10(3)6-8)16-14(17)13-11(4)7-15-18-13/h5-7,11,13H,1-4H3,(H,16,17). The van der Waals surface area contributed by atoms with Gasteiger partial charge in [-0.2, -0.15) is 0 Å². The van der Waals surface area contributed by atoms with Crippen LogP contribution in [0.15, 0.2) is 16.5 Å². The van der Waals surface area contributed by atoms with Crippen molar-refractivity contribution in [2.45, 2.75) is 32.9 Å². The van der Waals surface area contributed by atoms with Crippen molar-refractivity contribution in [2.24, 2.45) is 10.3 Å². The van der Waals surface area contributed by atoms with E-state index in [1.165, 1.54) is 17.5 Å². The lowest BCUT2D eigenvalue weighted by Gasteiger charge is -2.16. The normalized spacial score (nSPS) is 22.2. The lowest BCUT2D eigenvalue weighted by Crippen LogP contribution is -2.29. The number of hydrogen-bond acceptors (Lipinski definition) is 3. The molecular formula is C14H18N2OS. The van der Waals surface area contributed by atoms with Crippen molar-refractivity contribution in [1.82, 2.24) is 0 Å². The Bertz CT molecular complexity index is 488. The Morgan fingerprint density at radius 1 is 1.28 bits per heavy atom. The minimum atomic E-state index is -0.106. The van der Waals surface area contributed by atoms with Crippen molar-refractivity contribution in [1.29, 1.82) is 0 Å². The predicted molar refractivity (Wildman–Crippen MR) is 78.3 cm³/mol. The Morgan fingerprint density at radius 2 is 1.89 bits per heavy atom. The number of rotatable bonds is 2. The van der Waals surface area contributed by atoms with Crippen molar-refractivity contribution in [3.63, 3.8) is 0 Å². The van der Waals surface area contributed by atoms with E-state index in [4.69, 9.17) is 0 Å². The second-order valence-corrected chi connectivity index (χ2v) is 5.83. The van der Waals surface area contributed by atoms with Gasteiger partial charge in [0, 0.05) is 17.8 Å². The summed E-state index contributed by atoms with van der Waals surface area (Å²) in [7, 11) is 0. The van der Waals surface area contributed by atoms with Crippen LogP contribution in [-0.4, -0.2) is 17.4 Å². The Labute approximate surface area is 112 Å². The summed E-state index contributed by atoms with van der Waals surface area (Å²) in [5.74, 6) is 0.237. The molecule has 1 N–H and O–H groups in total. The highest BCUT2D eigenvalue weighted by Gasteiger charge is 2.29. The van der Waals surface area contributed by atoms with Gasteiger partial charge in [-0.3, -0.25) is 4.79 Å². The van der Waals surface area contributed by atoms with Gasteiger partial charge in [0.25, 0.3) is 0 Å². The summed E-state index contributed by atoms with van der Waals surface area (Å²) in [4.78, 5) is 12.2. The maximum Gasteiger partial charge on any atom is 0.240 e. The van der Waals surface area contributed by atoms with E-state index in [-0.39, 0.29) is 17.1 Å². The number of benzene rings is 1. The van der Waals surface area contributed by atoms with Crippen LogP contribution in [-0.2, 0) is 4.79 Å². The van der Waals surface area contributed by atoms with E-state index in [1.807, 2.05) is 27.0 Å². The molecule has 3 nitrogen and oxygen atoms in total. The summed E-state index contributed by atoms with van der Waals surface area (Å²) >= 11 is 1.35. The second-order valence-electron chi connectivity index (χ2n) is 4.90. The van der Waals surface area contributed by atoms with E-state index in [0.717, 1.165) is 16.8 Å². The summed E-state index contributed by atoms with van der Waals surface area (Å²) in [6.45, 7) is 8.13. The first kappa shape index (κ1) is 13.1. The molecular weight excluding hydrogens is 244 g/mol. The first-order valence-electron chi connectivity index (χ1n) is 6.07. The molecule has 0 saturated carbocycles. The fraction of sp³-hybridized carbons (Fsp3) is 0.429. The number of nitrogens with zero attached hydrogens (tertiary/aromatic N) is 1. The van der Waals surface area contributed by atoms with Crippen LogP contribution in [0.2, 0.25) is 0 Å². The third kappa shape index (κ3) is 2.58. The molecule has 1 aliphatic heterocycles. The molecule has 0 radical (unpaired) electrons. The first-order valence-corrected chi connectivity index (χ1v) is 6.90. The van der Waals surface area contributed by atoms with Crippen molar-refractivity contribution in [2.75, 3.05) is 5.32 Å². The molecule has 0 saturated heterocycles. The molecule has 0 spiro atoms. The molecule has 2 unspecified atom stereocenters. The Kier molecular flexibility index (Phi) is 3.76. The van der Waals surface area contributed by atoms with Gasteiger partial charge >= 0.3 is 0 Å². The summed E-state index contributed by atoms with van der Waals surface area (Å²) in [6.07, 6.45) is 1.84. The average molecular weight is 262 g/mol. The van der Waals surface area contributed by atoms with Gasteiger partial charge in [-0.25, -0.2) is 4.40 Å². The number of nitrogens with one attached hydrogen (secondary N) is 1. The molecule has 1 aromatic rings. The van der Waals surface area contributed by atoms with Crippen LogP contribution in [0.4, 0.5) is 5.69 Å². The van der Waals surface area contributed by atoms with E-state index >= 15 is 0 Å². The van der Waals surface area contributed by atoms with Crippen LogP contribution >= 0.6 is 11.9 Å². The van der Waals surface area contributed by atoms with Crippen molar-refractivity contribution in [3.05, 3.63) is 28.8 Å². The number of amides is 1. The smallest absolute Gasteiger partial charge is 0.240 e. The van der Waals surface area contributed by atoms with E-state index in [1.54, 1.807) is 0 Å². The van der Waals surface area contributed by atoms with Crippen LogP contribution in [0.25, 0.3) is 0 Å². The minimum Gasteiger partial charge on any atom is -0.325 e. The second kappa shape index (κ2) is 5.14. The maximum atomic E-state index is 12.2. The van der Waals surface area contributed by atoms with Crippen LogP contribution in [0.5, 0.6) is 0 Å². The molecule has 1 aliphatic rings. The summed E-state index contributed by atoms with van der Waals surface area (Å²) in [6, 6.07) is 4.18. The van der Waals surface area contributed by atoms with E-state index in [2.05, 4.69) is 28.8 Å². The fourth-order valence-electron chi connectivity index (χ4n) is 2.23. The van der Waals surface area contributed by atoms with Gasteiger partial charge in [-0.05, 0) is 43.8 Å². The first-order chi connectivity index (χ1) is 8.49. The molecule has 2 atom stereocenters. The van der Waals surface area contributed by atoms with Crippen LogP contribution in [0.1, 0.15) is 23.6 Å². The monoisotopic (exact) mass is 262 g/mol. The molecule has 1 heterocycles. The van der Waals surface area contributed by atoms with Crippen LogP contribution in [0, 0.1) is 26.7 Å². The highest BCUT2D eigenvalue weighted by Crippen LogP contribution is 2.29. The average Bonchev–Trinajstić information content (AvgIpc) is 2.69. The zero-order valence-corrected chi connectivity index (χ0v) is 12.0. The van der Waals surface area contributed by atoms with Crippen LogP contribution in [0.3, 0.4) is 0 Å². The van der Waals surface area contributed by atoms with Gasteiger partial charge in [0.05, 0.1) is 0 Å². The van der Waals surface area contributed by atoms with Gasteiger partial charge in [-0.1, -0.05) is 24.6 Å². The SMILES string of the molecule is Cc1cc(C)c(NC(=O)C2SN=CC2C)c(C)c1. The Balaban J connectivity index is 2.17. The highest BCUT2D eigenvalue weighted by atomic mass is 32.2. The third-order valence-corrected chi connectivity index (χ3v) is 4.25. The molecule has 2 rings (SSSR count). The van der Waals surface area contributed by atoms with Gasteiger partial charge < -0.3 is 5.32 Å². The molecule has 0 aromatic heterocycles. The quantitative estimate of drug-likeness (QED) is 0.831. The summed E-state index contributed by atoms with van der Waals surface area (Å²) in [5.41, 5.74) is 4.37. The van der Waals surface area contributed by atoms with Crippen molar-refractivity contribution < 1.29 is 4.79 Å². The predicted octanol–water partition coefficient (Wildman–Crippen LogP) is 3.29. The third-order valence-electron chi connectivity index (χ3n) is 3.13. The van der Waals surface area contributed by atoms with Gasteiger partial charge in [0.1, 0.15) is 5.25 Å². The molecule has 1 amide bonds. The summed E-state index contributed by atoms with van der Waals surface area (Å²) < 4.78 is 4.10. The maximum absolute atomic E-state index is 12.2. The van der Waals surface area contributed by atoms with E-state index in [0.29, 0.717) is 0 Å².